The Morgan fingerprint density at radius 1 is 1.28 bits per heavy atom. The smallest absolute Gasteiger partial charge is 0.181 e. The molecule has 2 fully saturated rings. The lowest BCUT2D eigenvalue weighted by molar-refractivity contribution is 0.0547. The molecule has 1 saturated heterocycles. The van der Waals surface area contributed by atoms with Crippen molar-refractivity contribution < 1.29 is 9.15 Å². The number of hydrogen-bond donors (Lipinski definition) is 1. The van der Waals surface area contributed by atoms with Crippen molar-refractivity contribution in [1.82, 2.24) is 10.3 Å². The van der Waals surface area contributed by atoms with Crippen LogP contribution in [0.25, 0.3) is 0 Å². The van der Waals surface area contributed by atoms with E-state index >= 15 is 0 Å². The van der Waals surface area contributed by atoms with Crippen molar-refractivity contribution in [3.8, 4) is 0 Å². The van der Waals surface area contributed by atoms with Crippen LogP contribution in [0.1, 0.15) is 51.0 Å². The molecule has 4 unspecified atom stereocenters. The van der Waals surface area contributed by atoms with Crippen LogP contribution >= 0.6 is 0 Å². The van der Waals surface area contributed by atoms with Crippen molar-refractivity contribution in [2.75, 3.05) is 0 Å². The highest BCUT2D eigenvalue weighted by Gasteiger charge is 2.41. The van der Waals surface area contributed by atoms with Gasteiger partial charge in [0.2, 0.25) is 0 Å². The van der Waals surface area contributed by atoms with Gasteiger partial charge in [0.25, 0.3) is 0 Å². The molecule has 2 heterocycles. The van der Waals surface area contributed by atoms with Gasteiger partial charge in [0.05, 0.1) is 23.8 Å². The summed E-state index contributed by atoms with van der Waals surface area (Å²) < 4.78 is 11.6. The van der Waals surface area contributed by atoms with Crippen LogP contribution in [-0.4, -0.2) is 23.2 Å². The number of hydrogen-bond acceptors (Lipinski definition) is 4. The molecule has 1 aliphatic heterocycles. The molecular weight excluding hydrogens is 228 g/mol. The Balaban J connectivity index is 1.76. The fourth-order valence-corrected chi connectivity index (χ4v) is 2.93. The molecule has 1 saturated carbocycles. The molecule has 4 atom stereocenters. The first-order valence-corrected chi connectivity index (χ1v) is 6.98. The van der Waals surface area contributed by atoms with Crippen molar-refractivity contribution in [3.63, 3.8) is 0 Å². The van der Waals surface area contributed by atoms with Crippen LogP contribution in [0.2, 0.25) is 0 Å². The Morgan fingerprint density at radius 2 is 2.06 bits per heavy atom. The average Bonchev–Trinajstić information content (AvgIpc) is 3.00. The second-order valence-corrected chi connectivity index (χ2v) is 5.75. The van der Waals surface area contributed by atoms with Crippen LogP contribution < -0.4 is 5.32 Å². The Hall–Kier alpha value is -0.870. The van der Waals surface area contributed by atoms with Gasteiger partial charge >= 0.3 is 0 Å². The standard InChI is InChI=1S/C14H22N2O2/c1-8-9(2)18-10(3)13(8)14-12(16-7-17-14)6-15-11-4-5-11/h7-11,13,15H,4-6H2,1-3H3. The summed E-state index contributed by atoms with van der Waals surface area (Å²) in [5.74, 6) is 1.83. The van der Waals surface area contributed by atoms with Gasteiger partial charge in [0, 0.05) is 12.6 Å². The molecule has 1 aliphatic carbocycles. The molecule has 0 bridgehead atoms. The minimum Gasteiger partial charge on any atom is -0.448 e. The molecule has 4 heteroatoms. The van der Waals surface area contributed by atoms with E-state index in [9.17, 15) is 0 Å². The fourth-order valence-electron chi connectivity index (χ4n) is 2.93. The van der Waals surface area contributed by atoms with E-state index in [-0.39, 0.29) is 6.10 Å². The molecule has 0 spiro atoms. The normalized spacial score (nSPS) is 36.2. The summed E-state index contributed by atoms with van der Waals surface area (Å²) >= 11 is 0. The first-order valence-electron chi connectivity index (χ1n) is 6.98. The second-order valence-electron chi connectivity index (χ2n) is 5.75. The van der Waals surface area contributed by atoms with Gasteiger partial charge in [0.15, 0.2) is 6.39 Å². The predicted molar refractivity (Wildman–Crippen MR) is 68.3 cm³/mol. The van der Waals surface area contributed by atoms with Gasteiger partial charge in [-0.3, -0.25) is 0 Å². The third-order valence-corrected chi connectivity index (χ3v) is 4.35. The maximum absolute atomic E-state index is 5.89. The molecule has 1 aromatic heterocycles. The zero-order chi connectivity index (χ0) is 12.7. The number of nitrogens with one attached hydrogen (secondary N) is 1. The van der Waals surface area contributed by atoms with E-state index in [1.807, 2.05) is 0 Å². The number of aromatic nitrogens is 1. The number of nitrogens with zero attached hydrogens (tertiary/aromatic N) is 1. The van der Waals surface area contributed by atoms with Gasteiger partial charge in [-0.1, -0.05) is 6.92 Å². The maximum Gasteiger partial charge on any atom is 0.181 e. The second kappa shape index (κ2) is 4.67. The number of rotatable bonds is 4. The summed E-state index contributed by atoms with van der Waals surface area (Å²) in [5, 5.41) is 3.50. The summed E-state index contributed by atoms with van der Waals surface area (Å²) in [6.45, 7) is 7.32. The van der Waals surface area contributed by atoms with Gasteiger partial charge < -0.3 is 14.5 Å². The quantitative estimate of drug-likeness (QED) is 0.891. The summed E-state index contributed by atoms with van der Waals surface area (Å²) in [7, 11) is 0. The highest BCUT2D eigenvalue weighted by atomic mass is 16.5. The molecule has 18 heavy (non-hydrogen) atoms. The van der Waals surface area contributed by atoms with E-state index in [4.69, 9.17) is 9.15 Å². The summed E-state index contributed by atoms with van der Waals surface area (Å²) in [6, 6.07) is 0.697. The van der Waals surface area contributed by atoms with Crippen molar-refractivity contribution in [1.29, 1.82) is 0 Å². The number of oxazole rings is 1. The molecule has 0 aromatic carbocycles. The molecule has 0 amide bonds. The summed E-state index contributed by atoms with van der Waals surface area (Å²) in [6.07, 6.45) is 4.66. The Morgan fingerprint density at radius 3 is 2.67 bits per heavy atom. The highest BCUT2D eigenvalue weighted by Crippen LogP contribution is 2.40. The van der Waals surface area contributed by atoms with Crippen molar-refractivity contribution >= 4 is 0 Å². The maximum atomic E-state index is 5.89. The summed E-state index contributed by atoms with van der Waals surface area (Å²) in [4.78, 5) is 4.37. The van der Waals surface area contributed by atoms with Gasteiger partial charge in [-0.15, -0.1) is 0 Å². The van der Waals surface area contributed by atoms with Crippen LogP contribution in [0.3, 0.4) is 0 Å². The van der Waals surface area contributed by atoms with Crippen LogP contribution in [0.5, 0.6) is 0 Å². The number of ether oxygens (including phenoxy) is 1. The van der Waals surface area contributed by atoms with Crippen LogP contribution in [0, 0.1) is 5.92 Å². The monoisotopic (exact) mass is 250 g/mol. The van der Waals surface area contributed by atoms with Crippen LogP contribution in [0.15, 0.2) is 10.8 Å². The molecule has 2 aliphatic rings. The van der Waals surface area contributed by atoms with Gasteiger partial charge in [-0.05, 0) is 32.6 Å². The van der Waals surface area contributed by atoms with Crippen LogP contribution in [0.4, 0.5) is 0 Å². The largest absolute Gasteiger partial charge is 0.448 e. The first kappa shape index (κ1) is 12.2. The zero-order valence-electron chi connectivity index (χ0n) is 11.3. The van der Waals surface area contributed by atoms with E-state index < -0.39 is 0 Å². The molecular formula is C14H22N2O2. The third-order valence-electron chi connectivity index (χ3n) is 4.35. The van der Waals surface area contributed by atoms with Gasteiger partial charge in [-0.2, -0.15) is 0 Å². The molecule has 1 aromatic rings. The van der Waals surface area contributed by atoms with Crippen molar-refractivity contribution in [3.05, 3.63) is 17.8 Å². The highest BCUT2D eigenvalue weighted by molar-refractivity contribution is 5.17. The SMILES string of the molecule is CC1OC(C)C(c2ocnc2CNC2CC2)C1C. The molecule has 4 nitrogen and oxygen atoms in total. The van der Waals surface area contributed by atoms with E-state index in [0.717, 1.165) is 18.0 Å². The lowest BCUT2D eigenvalue weighted by atomic mass is 9.86. The fraction of sp³-hybridized carbons (Fsp3) is 0.786. The van der Waals surface area contributed by atoms with Crippen molar-refractivity contribution in [2.45, 2.75) is 64.3 Å². The lowest BCUT2D eigenvalue weighted by Crippen LogP contribution is -2.20. The molecule has 3 rings (SSSR count). The minimum atomic E-state index is 0.211. The summed E-state index contributed by atoms with van der Waals surface area (Å²) in [5.41, 5.74) is 1.06. The Kier molecular flexibility index (Phi) is 3.16. The predicted octanol–water partition coefficient (Wildman–Crippen LogP) is 2.45. The van der Waals surface area contributed by atoms with Crippen molar-refractivity contribution in [2.24, 2.45) is 5.92 Å². The zero-order valence-corrected chi connectivity index (χ0v) is 11.3. The Labute approximate surface area is 108 Å². The molecule has 0 radical (unpaired) electrons. The Bertz CT molecular complexity index is 414. The van der Waals surface area contributed by atoms with E-state index in [0.29, 0.717) is 24.0 Å². The average molecular weight is 250 g/mol. The van der Waals surface area contributed by atoms with Gasteiger partial charge in [-0.25, -0.2) is 4.98 Å². The van der Waals surface area contributed by atoms with Crippen LogP contribution in [-0.2, 0) is 11.3 Å². The van der Waals surface area contributed by atoms with E-state index in [1.54, 1.807) is 6.39 Å². The van der Waals surface area contributed by atoms with E-state index in [2.05, 4.69) is 31.1 Å². The van der Waals surface area contributed by atoms with Gasteiger partial charge in [0.1, 0.15) is 5.76 Å². The molecule has 100 valence electrons. The topological polar surface area (TPSA) is 47.3 Å². The third kappa shape index (κ3) is 2.19. The minimum absolute atomic E-state index is 0.211. The lowest BCUT2D eigenvalue weighted by Gasteiger charge is -2.17. The first-order chi connectivity index (χ1) is 8.66. The molecule has 1 N–H and O–H groups in total. The van der Waals surface area contributed by atoms with E-state index in [1.165, 1.54) is 12.8 Å².